The van der Waals surface area contributed by atoms with Crippen LogP contribution >= 0.6 is 0 Å². The van der Waals surface area contributed by atoms with Gasteiger partial charge in [0.25, 0.3) is 0 Å². The van der Waals surface area contributed by atoms with Crippen LogP contribution in [0.25, 0.3) is 16.6 Å². The molecule has 0 unspecified atom stereocenters. The Hall–Kier alpha value is -3.09. The van der Waals surface area contributed by atoms with Crippen molar-refractivity contribution in [3.8, 4) is 5.69 Å². The van der Waals surface area contributed by atoms with E-state index in [1.54, 1.807) is 31.4 Å². The van der Waals surface area contributed by atoms with E-state index in [0.717, 1.165) is 12.1 Å². The molecule has 0 aliphatic heterocycles. The molecule has 0 spiro atoms. The molecule has 7 heteroatoms. The van der Waals surface area contributed by atoms with Gasteiger partial charge in [0.15, 0.2) is 5.43 Å². The first-order valence-corrected chi connectivity index (χ1v) is 8.52. The van der Waals surface area contributed by atoms with Gasteiger partial charge in [-0.05, 0) is 63.2 Å². The Labute approximate surface area is 159 Å². The molecule has 0 saturated heterocycles. The average Bonchev–Trinajstić information content (AvgIpc) is 2.60. The second-order valence-electron chi connectivity index (χ2n) is 7.33. The van der Waals surface area contributed by atoms with Gasteiger partial charge in [0.05, 0.1) is 16.6 Å². The number of aromatic nitrogens is 1. The quantitative estimate of drug-likeness (QED) is 0.582. The Morgan fingerprint density at radius 3 is 2.18 bits per heavy atom. The van der Waals surface area contributed by atoms with Crippen LogP contribution in [0.3, 0.4) is 0 Å². The lowest BCUT2D eigenvalue weighted by atomic mass is 10.1. The number of esters is 1. The van der Waals surface area contributed by atoms with Crippen molar-refractivity contribution < 1.29 is 22.7 Å². The third-order valence-corrected chi connectivity index (χ3v) is 4.00. The number of ether oxygens (including phenoxy) is 1. The van der Waals surface area contributed by atoms with E-state index in [2.05, 4.69) is 0 Å². The number of carbonyl (C=O) groups excluding carboxylic acids is 1. The Morgan fingerprint density at radius 2 is 1.61 bits per heavy atom. The SMILES string of the molecule is CC(C)(C)OC(=O)c1ccc2c(c1)c(=O)ccn2-c1ccc(C(F)(F)F)cc1. The molecule has 2 aromatic carbocycles. The minimum atomic E-state index is -4.42. The van der Waals surface area contributed by atoms with Gasteiger partial charge in [-0.15, -0.1) is 0 Å². The van der Waals surface area contributed by atoms with Crippen LogP contribution in [-0.2, 0) is 10.9 Å². The topological polar surface area (TPSA) is 48.3 Å². The van der Waals surface area contributed by atoms with Gasteiger partial charge < -0.3 is 9.30 Å². The molecule has 1 aromatic heterocycles. The molecule has 0 N–H and O–H groups in total. The Morgan fingerprint density at radius 1 is 0.964 bits per heavy atom. The van der Waals surface area contributed by atoms with E-state index in [9.17, 15) is 22.8 Å². The highest BCUT2D eigenvalue weighted by Crippen LogP contribution is 2.30. The molecular weight excluding hydrogens is 371 g/mol. The normalized spacial score (nSPS) is 12.2. The predicted molar refractivity (Wildman–Crippen MR) is 99.7 cm³/mol. The van der Waals surface area contributed by atoms with Crippen LogP contribution in [0, 0.1) is 0 Å². The fourth-order valence-corrected chi connectivity index (χ4v) is 2.76. The van der Waals surface area contributed by atoms with Gasteiger partial charge in [0.2, 0.25) is 0 Å². The van der Waals surface area contributed by atoms with E-state index in [1.807, 2.05) is 0 Å². The number of rotatable bonds is 2. The third-order valence-electron chi connectivity index (χ3n) is 4.00. The number of pyridine rings is 1. The van der Waals surface area contributed by atoms with E-state index in [1.165, 1.54) is 36.5 Å². The van der Waals surface area contributed by atoms with Crippen LogP contribution in [0.1, 0.15) is 36.7 Å². The number of hydrogen-bond acceptors (Lipinski definition) is 3. The molecule has 0 radical (unpaired) electrons. The summed E-state index contributed by atoms with van der Waals surface area (Å²) in [5.41, 5.74) is -0.576. The Kier molecular flexibility index (Phi) is 4.79. The van der Waals surface area contributed by atoms with Crippen molar-refractivity contribution in [2.24, 2.45) is 0 Å². The first-order valence-electron chi connectivity index (χ1n) is 8.52. The maximum Gasteiger partial charge on any atom is 0.416 e. The summed E-state index contributed by atoms with van der Waals surface area (Å²) in [5, 5.41) is 0.269. The molecule has 0 aliphatic carbocycles. The van der Waals surface area contributed by atoms with Crippen LogP contribution in [0.4, 0.5) is 13.2 Å². The molecule has 3 rings (SSSR count). The number of halogens is 3. The van der Waals surface area contributed by atoms with Crippen molar-refractivity contribution in [3.05, 3.63) is 76.1 Å². The molecule has 3 aromatic rings. The number of carbonyl (C=O) groups is 1. The van der Waals surface area contributed by atoms with Crippen LogP contribution in [0.15, 0.2) is 59.5 Å². The van der Waals surface area contributed by atoms with E-state index in [-0.39, 0.29) is 16.4 Å². The van der Waals surface area contributed by atoms with Gasteiger partial charge in [-0.2, -0.15) is 13.2 Å². The van der Waals surface area contributed by atoms with Crippen molar-refractivity contribution in [2.45, 2.75) is 32.5 Å². The fraction of sp³-hybridized carbons (Fsp3) is 0.238. The first-order chi connectivity index (χ1) is 13.0. The number of benzene rings is 2. The van der Waals surface area contributed by atoms with Gasteiger partial charge in [-0.1, -0.05) is 0 Å². The molecule has 0 fully saturated rings. The summed E-state index contributed by atoms with van der Waals surface area (Å²) in [7, 11) is 0. The minimum Gasteiger partial charge on any atom is -0.456 e. The molecule has 0 amide bonds. The predicted octanol–water partition coefficient (Wildman–Crippen LogP) is 4.96. The van der Waals surface area contributed by atoms with E-state index < -0.39 is 23.3 Å². The van der Waals surface area contributed by atoms with Gasteiger partial charge in [0.1, 0.15) is 5.60 Å². The van der Waals surface area contributed by atoms with Gasteiger partial charge in [-0.25, -0.2) is 4.79 Å². The second kappa shape index (κ2) is 6.82. The lowest BCUT2D eigenvalue weighted by molar-refractivity contribution is -0.137. The van der Waals surface area contributed by atoms with Crippen LogP contribution in [0.5, 0.6) is 0 Å². The summed E-state index contributed by atoms with van der Waals surface area (Å²) < 4.78 is 45.2. The Balaban J connectivity index is 2.07. The number of fused-ring (bicyclic) bond motifs is 1. The van der Waals surface area contributed by atoms with E-state index in [4.69, 9.17) is 4.74 Å². The largest absolute Gasteiger partial charge is 0.456 e. The Bertz CT molecular complexity index is 1090. The lowest BCUT2D eigenvalue weighted by Gasteiger charge is -2.19. The molecule has 1 heterocycles. The average molecular weight is 389 g/mol. The molecule has 0 bridgehead atoms. The fourth-order valence-electron chi connectivity index (χ4n) is 2.76. The third kappa shape index (κ3) is 4.08. The maximum absolute atomic E-state index is 12.8. The number of nitrogens with zero attached hydrogens (tertiary/aromatic N) is 1. The highest BCUT2D eigenvalue weighted by molar-refractivity contribution is 5.95. The molecular formula is C21H18F3NO3. The summed E-state index contributed by atoms with van der Waals surface area (Å²) in [6.45, 7) is 5.22. The summed E-state index contributed by atoms with van der Waals surface area (Å²) in [4.78, 5) is 24.6. The maximum atomic E-state index is 12.8. The monoisotopic (exact) mass is 389 g/mol. The van der Waals surface area contributed by atoms with Crippen molar-refractivity contribution >= 4 is 16.9 Å². The molecule has 4 nitrogen and oxygen atoms in total. The summed E-state index contributed by atoms with van der Waals surface area (Å²) in [6.07, 6.45) is -2.94. The van der Waals surface area contributed by atoms with Gasteiger partial charge in [0, 0.05) is 23.3 Å². The highest BCUT2D eigenvalue weighted by atomic mass is 19.4. The summed E-state index contributed by atoms with van der Waals surface area (Å²) in [5.74, 6) is -0.557. The highest BCUT2D eigenvalue weighted by Gasteiger charge is 2.30. The number of hydrogen-bond donors (Lipinski definition) is 0. The van der Waals surface area contributed by atoms with Gasteiger partial charge in [-0.3, -0.25) is 4.79 Å². The molecule has 28 heavy (non-hydrogen) atoms. The summed E-state index contributed by atoms with van der Waals surface area (Å²) in [6, 6.07) is 10.5. The van der Waals surface area contributed by atoms with Crippen molar-refractivity contribution in [1.29, 1.82) is 0 Å². The zero-order valence-corrected chi connectivity index (χ0v) is 15.5. The van der Waals surface area contributed by atoms with Gasteiger partial charge >= 0.3 is 12.1 Å². The van der Waals surface area contributed by atoms with Crippen molar-refractivity contribution in [1.82, 2.24) is 4.57 Å². The van der Waals surface area contributed by atoms with E-state index in [0.29, 0.717) is 11.2 Å². The van der Waals surface area contributed by atoms with Crippen molar-refractivity contribution in [3.63, 3.8) is 0 Å². The smallest absolute Gasteiger partial charge is 0.416 e. The first kappa shape index (κ1) is 19.7. The zero-order valence-electron chi connectivity index (χ0n) is 15.5. The minimum absolute atomic E-state index is 0.227. The molecule has 0 atom stereocenters. The van der Waals surface area contributed by atoms with E-state index >= 15 is 0 Å². The summed E-state index contributed by atoms with van der Waals surface area (Å²) >= 11 is 0. The van der Waals surface area contributed by atoms with Crippen LogP contribution < -0.4 is 5.43 Å². The number of alkyl halides is 3. The molecule has 0 aliphatic rings. The van der Waals surface area contributed by atoms with Crippen LogP contribution in [0.2, 0.25) is 0 Å². The van der Waals surface area contributed by atoms with Crippen molar-refractivity contribution in [2.75, 3.05) is 0 Å². The standard InChI is InChI=1S/C21H18F3NO3/c1-20(2,3)28-19(27)13-4-9-17-16(12-13)18(26)10-11-25(17)15-7-5-14(6-8-15)21(22,23)24/h4-12H,1-3H3. The molecule has 0 saturated carbocycles. The zero-order chi connectivity index (χ0) is 20.7. The lowest BCUT2D eigenvalue weighted by Crippen LogP contribution is -2.24. The van der Waals surface area contributed by atoms with Crippen LogP contribution in [-0.4, -0.2) is 16.1 Å². The molecule has 146 valence electrons. The second-order valence-corrected chi connectivity index (χ2v) is 7.33.